The maximum absolute atomic E-state index is 13.8. The first-order chi connectivity index (χ1) is 12.6. The van der Waals surface area contributed by atoms with E-state index in [9.17, 15) is 4.39 Å². The van der Waals surface area contributed by atoms with Crippen LogP contribution in [0.3, 0.4) is 0 Å². The summed E-state index contributed by atoms with van der Waals surface area (Å²) in [7, 11) is 1.93. The molecule has 1 aromatic rings. The Balaban J connectivity index is 0.00000261. The zero-order valence-electron chi connectivity index (χ0n) is 16.4. The normalized spacial score (nSPS) is 22.2. The first-order valence-corrected chi connectivity index (χ1v) is 9.70. The molecule has 1 atom stereocenters. The van der Waals surface area contributed by atoms with Crippen LogP contribution < -0.4 is 10.2 Å². The molecule has 1 unspecified atom stereocenters. The van der Waals surface area contributed by atoms with Crippen molar-refractivity contribution in [1.29, 1.82) is 0 Å². The first-order valence-electron chi connectivity index (χ1n) is 9.70. The smallest absolute Gasteiger partial charge is 0.193 e. The highest BCUT2D eigenvalue weighted by Crippen LogP contribution is 2.38. The van der Waals surface area contributed by atoms with Gasteiger partial charge in [-0.05, 0) is 38.3 Å². The number of guanidine groups is 1. The number of rotatable bonds is 6. The van der Waals surface area contributed by atoms with Gasteiger partial charge in [-0.25, -0.2) is 4.39 Å². The van der Waals surface area contributed by atoms with E-state index in [-0.39, 0.29) is 29.8 Å². The number of anilines is 1. The first kappa shape index (κ1) is 22.2. The van der Waals surface area contributed by atoms with Gasteiger partial charge in [-0.3, -0.25) is 4.99 Å². The Labute approximate surface area is 179 Å². The number of benzene rings is 1. The van der Waals surface area contributed by atoms with Gasteiger partial charge in [0.1, 0.15) is 5.82 Å². The summed E-state index contributed by atoms with van der Waals surface area (Å²) in [6.45, 7) is 8.35. The minimum Gasteiger partial charge on any atom is -0.381 e. The topological polar surface area (TPSA) is 40.1 Å². The lowest BCUT2D eigenvalue weighted by atomic mass is 9.87. The predicted molar refractivity (Wildman–Crippen MR) is 120 cm³/mol. The zero-order chi connectivity index (χ0) is 18.4. The molecule has 2 saturated heterocycles. The lowest BCUT2D eigenvalue weighted by Crippen LogP contribution is -2.41. The third-order valence-electron chi connectivity index (χ3n) is 5.43. The second-order valence-electron chi connectivity index (χ2n) is 7.44. The van der Waals surface area contributed by atoms with Crippen LogP contribution in [0.25, 0.3) is 0 Å². The van der Waals surface area contributed by atoms with Crippen molar-refractivity contribution >= 4 is 35.6 Å². The van der Waals surface area contributed by atoms with Crippen molar-refractivity contribution in [2.75, 3.05) is 57.9 Å². The van der Waals surface area contributed by atoms with Gasteiger partial charge in [0.2, 0.25) is 0 Å². The molecular formula is C20H32FIN4O. The summed E-state index contributed by atoms with van der Waals surface area (Å²) in [5.41, 5.74) is 0.979. The van der Waals surface area contributed by atoms with Crippen molar-refractivity contribution in [2.45, 2.75) is 26.2 Å². The highest BCUT2D eigenvalue weighted by atomic mass is 127. The molecular weight excluding hydrogens is 458 g/mol. The molecule has 2 heterocycles. The molecule has 0 saturated carbocycles. The van der Waals surface area contributed by atoms with Crippen LogP contribution in [0.4, 0.5) is 10.1 Å². The average molecular weight is 490 g/mol. The predicted octanol–water partition coefficient (Wildman–Crippen LogP) is 3.35. The van der Waals surface area contributed by atoms with Crippen molar-refractivity contribution in [3.8, 4) is 0 Å². The number of hydrogen-bond acceptors (Lipinski definition) is 3. The Hall–Kier alpha value is -1.09. The lowest BCUT2D eigenvalue weighted by Gasteiger charge is -2.25. The van der Waals surface area contributed by atoms with Gasteiger partial charge in [-0.15, -0.1) is 24.0 Å². The average Bonchev–Trinajstić information content (AvgIpc) is 3.28. The SMILES string of the molecule is CCNC(=NCCCN(C)c1ccccc1F)N1CCC2(CCOC2)C1.I. The van der Waals surface area contributed by atoms with E-state index >= 15 is 0 Å². The Kier molecular flexibility index (Phi) is 8.60. The highest BCUT2D eigenvalue weighted by Gasteiger charge is 2.42. The second-order valence-corrected chi connectivity index (χ2v) is 7.44. The van der Waals surface area contributed by atoms with Crippen LogP contribution in [-0.2, 0) is 4.74 Å². The van der Waals surface area contributed by atoms with E-state index in [0.717, 1.165) is 64.7 Å². The summed E-state index contributed by atoms with van der Waals surface area (Å²) in [4.78, 5) is 9.14. The summed E-state index contributed by atoms with van der Waals surface area (Å²) in [5, 5.41) is 3.42. The molecule has 0 bridgehead atoms. The van der Waals surface area contributed by atoms with Gasteiger partial charge in [-0.2, -0.15) is 0 Å². The molecule has 0 aliphatic carbocycles. The van der Waals surface area contributed by atoms with Crippen molar-refractivity contribution in [2.24, 2.45) is 10.4 Å². The molecule has 2 fully saturated rings. The minimum atomic E-state index is -0.173. The van der Waals surface area contributed by atoms with Crippen LogP contribution >= 0.6 is 24.0 Å². The van der Waals surface area contributed by atoms with E-state index in [4.69, 9.17) is 9.73 Å². The highest BCUT2D eigenvalue weighted by molar-refractivity contribution is 14.0. The van der Waals surface area contributed by atoms with E-state index in [2.05, 4.69) is 17.1 Å². The van der Waals surface area contributed by atoms with Crippen molar-refractivity contribution < 1.29 is 9.13 Å². The number of nitrogens with one attached hydrogen (secondary N) is 1. The van der Waals surface area contributed by atoms with Gasteiger partial charge in [0.25, 0.3) is 0 Å². The third-order valence-corrected chi connectivity index (χ3v) is 5.43. The summed E-state index contributed by atoms with van der Waals surface area (Å²) < 4.78 is 19.5. The van der Waals surface area contributed by atoms with E-state index in [1.807, 2.05) is 24.1 Å². The fraction of sp³-hybridized carbons (Fsp3) is 0.650. The van der Waals surface area contributed by atoms with Gasteiger partial charge < -0.3 is 19.9 Å². The van der Waals surface area contributed by atoms with Crippen LogP contribution in [-0.4, -0.2) is 63.8 Å². The number of likely N-dealkylation sites (tertiary alicyclic amines) is 1. The van der Waals surface area contributed by atoms with Crippen LogP contribution in [0, 0.1) is 11.2 Å². The number of para-hydroxylation sites is 1. The molecule has 5 nitrogen and oxygen atoms in total. The lowest BCUT2D eigenvalue weighted by molar-refractivity contribution is 0.156. The molecule has 0 aromatic heterocycles. The molecule has 152 valence electrons. The fourth-order valence-electron chi connectivity index (χ4n) is 3.89. The quantitative estimate of drug-likeness (QED) is 0.288. The molecule has 1 aromatic carbocycles. The Morgan fingerprint density at radius 2 is 2.19 bits per heavy atom. The van der Waals surface area contributed by atoms with Gasteiger partial charge >= 0.3 is 0 Å². The summed E-state index contributed by atoms with van der Waals surface area (Å²) in [6.07, 6.45) is 3.24. The standard InChI is InChI=1S/C20H31FN4O.HI/c1-3-22-19(25-13-9-20(15-25)10-14-26-16-20)23-11-6-12-24(2)18-8-5-4-7-17(18)21;/h4-5,7-8H,3,6,9-16H2,1-2H3,(H,22,23);1H. The van der Waals surface area contributed by atoms with Crippen molar-refractivity contribution in [3.63, 3.8) is 0 Å². The molecule has 2 aliphatic rings. The number of hydrogen-bond donors (Lipinski definition) is 1. The van der Waals surface area contributed by atoms with Crippen molar-refractivity contribution in [3.05, 3.63) is 30.1 Å². The van der Waals surface area contributed by atoms with E-state index < -0.39 is 0 Å². The number of aliphatic imine (C=N–C) groups is 1. The molecule has 3 rings (SSSR count). The Morgan fingerprint density at radius 1 is 1.37 bits per heavy atom. The summed E-state index contributed by atoms with van der Waals surface area (Å²) in [6, 6.07) is 6.91. The van der Waals surface area contributed by atoms with Crippen LogP contribution in [0.1, 0.15) is 26.2 Å². The summed E-state index contributed by atoms with van der Waals surface area (Å²) >= 11 is 0. The molecule has 7 heteroatoms. The number of ether oxygens (including phenoxy) is 1. The Bertz CT molecular complexity index is 622. The van der Waals surface area contributed by atoms with E-state index in [1.165, 1.54) is 12.5 Å². The molecule has 0 amide bonds. The summed E-state index contributed by atoms with van der Waals surface area (Å²) in [5.74, 6) is 0.831. The van der Waals surface area contributed by atoms with Gasteiger partial charge in [0.15, 0.2) is 5.96 Å². The zero-order valence-corrected chi connectivity index (χ0v) is 18.7. The van der Waals surface area contributed by atoms with Gasteiger partial charge in [-0.1, -0.05) is 12.1 Å². The largest absolute Gasteiger partial charge is 0.381 e. The fourth-order valence-corrected chi connectivity index (χ4v) is 3.89. The molecule has 1 N–H and O–H groups in total. The number of nitrogens with zero attached hydrogens (tertiary/aromatic N) is 3. The van der Waals surface area contributed by atoms with Gasteiger partial charge in [0, 0.05) is 51.8 Å². The number of halogens is 2. The molecule has 2 aliphatic heterocycles. The Morgan fingerprint density at radius 3 is 2.89 bits per heavy atom. The second kappa shape index (κ2) is 10.5. The molecule has 0 radical (unpaired) electrons. The molecule has 1 spiro atoms. The van der Waals surface area contributed by atoms with Crippen LogP contribution in [0.15, 0.2) is 29.3 Å². The van der Waals surface area contributed by atoms with E-state index in [1.54, 1.807) is 6.07 Å². The van der Waals surface area contributed by atoms with Gasteiger partial charge in [0.05, 0.1) is 12.3 Å². The maximum Gasteiger partial charge on any atom is 0.193 e. The molecule has 27 heavy (non-hydrogen) atoms. The van der Waals surface area contributed by atoms with Crippen LogP contribution in [0.2, 0.25) is 0 Å². The van der Waals surface area contributed by atoms with Crippen LogP contribution in [0.5, 0.6) is 0 Å². The third kappa shape index (κ3) is 5.70. The monoisotopic (exact) mass is 490 g/mol. The van der Waals surface area contributed by atoms with E-state index in [0.29, 0.717) is 11.1 Å². The maximum atomic E-state index is 13.8. The minimum absolute atomic E-state index is 0. The van der Waals surface area contributed by atoms with Crippen molar-refractivity contribution in [1.82, 2.24) is 10.2 Å².